The minimum atomic E-state index is -0.709. The van der Waals surface area contributed by atoms with Crippen molar-refractivity contribution in [2.75, 3.05) is 18.4 Å². The van der Waals surface area contributed by atoms with Gasteiger partial charge in [0.1, 0.15) is 5.60 Å². The molecule has 0 aliphatic carbocycles. The highest BCUT2D eigenvalue weighted by Crippen LogP contribution is 2.16. The Hall–Kier alpha value is -2.08. The van der Waals surface area contributed by atoms with Crippen LogP contribution in [0.3, 0.4) is 0 Å². The lowest BCUT2D eigenvalue weighted by atomic mass is 10.1. The summed E-state index contributed by atoms with van der Waals surface area (Å²) in [5.74, 6) is 0. The molecule has 3 amide bonds. The van der Waals surface area contributed by atoms with Gasteiger partial charge in [-0.25, -0.2) is 14.5 Å². The Kier molecular flexibility index (Phi) is 5.93. The van der Waals surface area contributed by atoms with Crippen molar-refractivity contribution in [2.45, 2.75) is 40.2 Å². The fourth-order valence-electron chi connectivity index (χ4n) is 1.73. The molecule has 3 N–H and O–H groups in total. The Morgan fingerprint density at radius 3 is 2.36 bits per heavy atom. The monoisotopic (exact) mass is 307 g/mol. The number of imide groups is 1. The number of hydrogen-bond donors (Lipinski definition) is 2. The van der Waals surface area contributed by atoms with E-state index >= 15 is 0 Å². The normalized spacial score (nSPS) is 11.0. The summed E-state index contributed by atoms with van der Waals surface area (Å²) in [5.41, 5.74) is 7.61. The molecular weight excluding hydrogens is 282 g/mol. The molecule has 0 aliphatic rings. The second-order valence-corrected chi connectivity index (χ2v) is 6.15. The molecule has 1 rings (SSSR count). The minimum Gasteiger partial charge on any atom is -0.443 e. The number of nitrogens with zero attached hydrogens (tertiary/aromatic N) is 1. The average Bonchev–Trinajstić information content (AvgIpc) is 2.38. The fourth-order valence-corrected chi connectivity index (χ4v) is 1.73. The maximum Gasteiger partial charge on any atom is 0.418 e. The average molecular weight is 307 g/mol. The lowest BCUT2D eigenvalue weighted by molar-refractivity contribution is 0.0337. The van der Waals surface area contributed by atoms with Crippen LogP contribution in [0, 0.1) is 13.8 Å². The molecule has 0 aromatic heterocycles. The molecule has 0 atom stereocenters. The van der Waals surface area contributed by atoms with Gasteiger partial charge in [0, 0.05) is 18.8 Å². The smallest absolute Gasteiger partial charge is 0.418 e. The molecule has 22 heavy (non-hydrogen) atoms. The van der Waals surface area contributed by atoms with Gasteiger partial charge in [0.15, 0.2) is 0 Å². The van der Waals surface area contributed by atoms with E-state index in [-0.39, 0.29) is 13.1 Å². The largest absolute Gasteiger partial charge is 0.443 e. The van der Waals surface area contributed by atoms with Crippen LogP contribution in [0.25, 0.3) is 0 Å². The number of nitrogens with one attached hydrogen (secondary N) is 1. The van der Waals surface area contributed by atoms with Gasteiger partial charge >= 0.3 is 12.1 Å². The van der Waals surface area contributed by atoms with E-state index in [0.717, 1.165) is 16.0 Å². The van der Waals surface area contributed by atoms with Gasteiger partial charge in [-0.3, -0.25) is 0 Å². The van der Waals surface area contributed by atoms with Gasteiger partial charge in [0.2, 0.25) is 0 Å². The third kappa shape index (κ3) is 5.37. The van der Waals surface area contributed by atoms with Gasteiger partial charge in [0.05, 0.1) is 0 Å². The number of urea groups is 1. The summed E-state index contributed by atoms with van der Waals surface area (Å²) >= 11 is 0. The third-order valence-electron chi connectivity index (χ3n) is 2.97. The van der Waals surface area contributed by atoms with Gasteiger partial charge in [-0.05, 0) is 57.9 Å². The standard InChI is InChI=1S/C16H25N3O3/c1-11-6-7-13(10-12(11)2)18-14(20)19(9-8-17)15(21)22-16(3,4)5/h6-7,10H,8-9,17H2,1-5H3,(H,18,20). The molecule has 0 fully saturated rings. The van der Waals surface area contributed by atoms with Crippen molar-refractivity contribution in [2.24, 2.45) is 5.73 Å². The van der Waals surface area contributed by atoms with Gasteiger partial charge in [-0.1, -0.05) is 6.07 Å². The Morgan fingerprint density at radius 1 is 1.23 bits per heavy atom. The first-order chi connectivity index (χ1) is 10.1. The Balaban J connectivity index is 2.84. The number of ether oxygens (including phenoxy) is 1. The highest BCUT2D eigenvalue weighted by Gasteiger charge is 2.26. The molecule has 0 spiro atoms. The molecule has 0 aliphatic heterocycles. The highest BCUT2D eigenvalue weighted by atomic mass is 16.6. The Bertz CT molecular complexity index is 550. The van der Waals surface area contributed by atoms with Crippen molar-refractivity contribution in [1.82, 2.24) is 4.90 Å². The summed E-state index contributed by atoms with van der Waals surface area (Å²) in [6.45, 7) is 9.43. The molecule has 0 saturated heterocycles. The van der Waals surface area contributed by atoms with Crippen molar-refractivity contribution in [1.29, 1.82) is 0 Å². The molecule has 0 saturated carbocycles. The molecule has 0 bridgehead atoms. The van der Waals surface area contributed by atoms with E-state index in [1.165, 1.54) is 0 Å². The molecule has 0 radical (unpaired) electrons. The van der Waals surface area contributed by atoms with Gasteiger partial charge in [0.25, 0.3) is 0 Å². The van der Waals surface area contributed by atoms with Gasteiger partial charge in [-0.15, -0.1) is 0 Å². The maximum atomic E-state index is 12.3. The lowest BCUT2D eigenvalue weighted by Gasteiger charge is -2.26. The lowest BCUT2D eigenvalue weighted by Crippen LogP contribution is -2.45. The first kappa shape index (κ1) is 18.0. The Labute approximate surface area is 131 Å². The van der Waals surface area contributed by atoms with Crippen LogP contribution in [0.5, 0.6) is 0 Å². The second-order valence-electron chi connectivity index (χ2n) is 6.15. The predicted molar refractivity (Wildman–Crippen MR) is 86.9 cm³/mol. The van der Waals surface area contributed by atoms with Crippen molar-refractivity contribution < 1.29 is 14.3 Å². The topological polar surface area (TPSA) is 84.7 Å². The number of aryl methyl sites for hydroxylation is 2. The summed E-state index contributed by atoms with van der Waals surface area (Å²) < 4.78 is 5.22. The van der Waals surface area contributed by atoms with E-state index in [9.17, 15) is 9.59 Å². The van der Waals surface area contributed by atoms with Crippen molar-refractivity contribution in [3.63, 3.8) is 0 Å². The van der Waals surface area contributed by atoms with Crippen LogP contribution in [0.1, 0.15) is 31.9 Å². The summed E-state index contributed by atoms with van der Waals surface area (Å²) in [7, 11) is 0. The van der Waals surface area contributed by atoms with Crippen LogP contribution in [0.15, 0.2) is 18.2 Å². The fraction of sp³-hybridized carbons (Fsp3) is 0.500. The summed E-state index contributed by atoms with van der Waals surface area (Å²) in [6.07, 6.45) is -0.709. The van der Waals surface area contributed by atoms with Crippen LogP contribution in [0.4, 0.5) is 15.3 Å². The van der Waals surface area contributed by atoms with Crippen LogP contribution < -0.4 is 11.1 Å². The van der Waals surface area contributed by atoms with Crippen molar-refractivity contribution in [3.05, 3.63) is 29.3 Å². The second kappa shape index (κ2) is 7.26. The van der Waals surface area contributed by atoms with Crippen molar-refractivity contribution in [3.8, 4) is 0 Å². The number of hydrogen-bond acceptors (Lipinski definition) is 4. The van der Waals surface area contributed by atoms with Gasteiger partial charge < -0.3 is 15.8 Å². The Morgan fingerprint density at radius 2 is 1.86 bits per heavy atom. The molecule has 1 aromatic carbocycles. The molecule has 1 aromatic rings. The van der Waals surface area contributed by atoms with E-state index in [0.29, 0.717) is 5.69 Å². The molecule has 6 nitrogen and oxygen atoms in total. The van der Waals surface area contributed by atoms with Crippen LogP contribution in [-0.2, 0) is 4.74 Å². The number of rotatable bonds is 3. The summed E-state index contributed by atoms with van der Waals surface area (Å²) in [4.78, 5) is 25.3. The number of carbonyl (C=O) groups excluding carboxylic acids is 2. The molecule has 6 heteroatoms. The quantitative estimate of drug-likeness (QED) is 0.899. The maximum absolute atomic E-state index is 12.3. The molecule has 122 valence electrons. The zero-order valence-corrected chi connectivity index (χ0v) is 13.9. The summed E-state index contributed by atoms with van der Waals surface area (Å²) in [6, 6.07) is 4.99. The van der Waals surface area contributed by atoms with Gasteiger partial charge in [-0.2, -0.15) is 0 Å². The molecular formula is C16H25N3O3. The van der Waals surface area contributed by atoms with E-state index in [1.807, 2.05) is 26.0 Å². The predicted octanol–water partition coefficient (Wildman–Crippen LogP) is 3.03. The zero-order valence-electron chi connectivity index (χ0n) is 13.9. The van der Waals surface area contributed by atoms with Crippen LogP contribution in [0.2, 0.25) is 0 Å². The number of amides is 3. The third-order valence-corrected chi connectivity index (χ3v) is 2.97. The van der Waals surface area contributed by atoms with Crippen LogP contribution >= 0.6 is 0 Å². The van der Waals surface area contributed by atoms with E-state index < -0.39 is 17.7 Å². The van der Waals surface area contributed by atoms with Crippen LogP contribution in [-0.4, -0.2) is 35.7 Å². The minimum absolute atomic E-state index is 0.0889. The first-order valence-corrected chi connectivity index (χ1v) is 7.23. The number of carbonyl (C=O) groups is 2. The number of benzene rings is 1. The summed E-state index contributed by atoms with van der Waals surface area (Å²) in [5, 5.41) is 2.69. The SMILES string of the molecule is Cc1ccc(NC(=O)N(CCN)C(=O)OC(C)(C)C)cc1C. The molecule has 0 heterocycles. The van der Waals surface area contributed by atoms with Crippen molar-refractivity contribution >= 4 is 17.8 Å². The van der Waals surface area contributed by atoms with E-state index in [4.69, 9.17) is 10.5 Å². The number of nitrogens with two attached hydrogens (primary N) is 1. The first-order valence-electron chi connectivity index (χ1n) is 7.23. The highest BCUT2D eigenvalue weighted by molar-refractivity contribution is 5.99. The molecule has 0 unspecified atom stereocenters. The zero-order chi connectivity index (χ0) is 16.9. The van der Waals surface area contributed by atoms with E-state index in [2.05, 4.69) is 5.32 Å². The van der Waals surface area contributed by atoms with E-state index in [1.54, 1.807) is 26.8 Å². The number of anilines is 1.